The SMILES string of the molecule is COCc1nc(NN)cc(NCC(C)COC)n1. The number of nitrogen functional groups attached to an aromatic ring is 1. The first-order valence-corrected chi connectivity index (χ1v) is 5.76. The van der Waals surface area contributed by atoms with Crippen molar-refractivity contribution in [3.05, 3.63) is 11.9 Å². The monoisotopic (exact) mass is 255 g/mol. The summed E-state index contributed by atoms with van der Waals surface area (Å²) < 4.78 is 10.1. The van der Waals surface area contributed by atoms with E-state index in [0.29, 0.717) is 36.6 Å². The molecule has 0 spiro atoms. The molecule has 1 aromatic heterocycles. The molecule has 18 heavy (non-hydrogen) atoms. The second kappa shape index (κ2) is 7.80. The van der Waals surface area contributed by atoms with Gasteiger partial charge in [0.05, 0.1) is 6.61 Å². The lowest BCUT2D eigenvalue weighted by molar-refractivity contribution is 0.164. The van der Waals surface area contributed by atoms with Crippen molar-refractivity contribution >= 4 is 11.6 Å². The van der Waals surface area contributed by atoms with E-state index in [4.69, 9.17) is 15.3 Å². The molecular formula is C11H21N5O2. The summed E-state index contributed by atoms with van der Waals surface area (Å²) in [6, 6.07) is 1.75. The zero-order chi connectivity index (χ0) is 13.4. The van der Waals surface area contributed by atoms with Crippen LogP contribution in [0.4, 0.5) is 11.6 Å². The smallest absolute Gasteiger partial charge is 0.158 e. The quantitative estimate of drug-likeness (QED) is 0.462. The molecule has 0 fully saturated rings. The van der Waals surface area contributed by atoms with Crippen LogP contribution in [-0.2, 0) is 16.1 Å². The van der Waals surface area contributed by atoms with Crippen LogP contribution in [0.1, 0.15) is 12.7 Å². The molecule has 0 aliphatic heterocycles. The number of nitrogens with one attached hydrogen (secondary N) is 2. The fraction of sp³-hybridized carbons (Fsp3) is 0.636. The Morgan fingerprint density at radius 1 is 1.28 bits per heavy atom. The van der Waals surface area contributed by atoms with Crippen molar-refractivity contribution in [3.63, 3.8) is 0 Å². The number of hydrogen-bond acceptors (Lipinski definition) is 7. The third kappa shape index (κ3) is 4.82. The first-order chi connectivity index (χ1) is 8.69. The third-order valence-electron chi connectivity index (χ3n) is 2.28. The molecule has 1 unspecified atom stereocenters. The lowest BCUT2D eigenvalue weighted by Gasteiger charge is -2.13. The van der Waals surface area contributed by atoms with E-state index in [-0.39, 0.29) is 0 Å². The van der Waals surface area contributed by atoms with Gasteiger partial charge in [-0.2, -0.15) is 0 Å². The molecule has 4 N–H and O–H groups in total. The molecule has 0 saturated carbocycles. The predicted molar refractivity (Wildman–Crippen MR) is 70.1 cm³/mol. The maximum atomic E-state index is 5.36. The number of hydrogen-bond donors (Lipinski definition) is 3. The summed E-state index contributed by atoms with van der Waals surface area (Å²) in [5.41, 5.74) is 2.51. The second-order valence-corrected chi connectivity index (χ2v) is 4.07. The van der Waals surface area contributed by atoms with Gasteiger partial charge < -0.3 is 20.2 Å². The molecule has 0 amide bonds. The molecular weight excluding hydrogens is 234 g/mol. The maximum absolute atomic E-state index is 5.36. The average molecular weight is 255 g/mol. The predicted octanol–water partition coefficient (Wildman–Crippen LogP) is 0.603. The number of methoxy groups -OCH3 is 2. The fourth-order valence-corrected chi connectivity index (χ4v) is 1.48. The van der Waals surface area contributed by atoms with E-state index in [9.17, 15) is 0 Å². The van der Waals surface area contributed by atoms with Crippen molar-refractivity contribution < 1.29 is 9.47 Å². The van der Waals surface area contributed by atoms with Crippen molar-refractivity contribution in [2.24, 2.45) is 11.8 Å². The van der Waals surface area contributed by atoms with E-state index in [2.05, 4.69) is 27.6 Å². The van der Waals surface area contributed by atoms with Crippen LogP contribution in [-0.4, -0.2) is 37.3 Å². The number of anilines is 2. The van der Waals surface area contributed by atoms with Crippen molar-refractivity contribution in [1.82, 2.24) is 9.97 Å². The van der Waals surface area contributed by atoms with Crippen molar-refractivity contribution in [1.29, 1.82) is 0 Å². The van der Waals surface area contributed by atoms with Gasteiger partial charge in [0.2, 0.25) is 0 Å². The van der Waals surface area contributed by atoms with Crippen LogP contribution >= 0.6 is 0 Å². The zero-order valence-electron chi connectivity index (χ0n) is 11.1. The minimum Gasteiger partial charge on any atom is -0.384 e. The molecule has 102 valence electrons. The number of aromatic nitrogens is 2. The van der Waals surface area contributed by atoms with Crippen LogP contribution in [0.15, 0.2) is 6.07 Å². The topological polar surface area (TPSA) is 94.3 Å². The van der Waals surface area contributed by atoms with Gasteiger partial charge in [-0.1, -0.05) is 6.92 Å². The summed E-state index contributed by atoms with van der Waals surface area (Å²) in [6.07, 6.45) is 0. The Bertz CT molecular complexity index is 361. The molecule has 0 saturated heterocycles. The number of hydrazine groups is 1. The summed E-state index contributed by atoms with van der Waals surface area (Å²) in [5, 5.41) is 3.22. The highest BCUT2D eigenvalue weighted by molar-refractivity contribution is 5.46. The maximum Gasteiger partial charge on any atom is 0.158 e. The van der Waals surface area contributed by atoms with Gasteiger partial charge in [-0.05, 0) is 5.92 Å². The summed E-state index contributed by atoms with van der Waals surface area (Å²) >= 11 is 0. The average Bonchev–Trinajstić information content (AvgIpc) is 2.37. The molecule has 7 heteroatoms. The minimum atomic E-state index is 0.345. The molecule has 0 bridgehead atoms. The Morgan fingerprint density at radius 2 is 2.00 bits per heavy atom. The Balaban J connectivity index is 2.65. The largest absolute Gasteiger partial charge is 0.384 e. The molecule has 1 atom stereocenters. The Morgan fingerprint density at radius 3 is 2.61 bits per heavy atom. The normalized spacial score (nSPS) is 12.2. The zero-order valence-corrected chi connectivity index (χ0v) is 11.1. The molecule has 1 heterocycles. The van der Waals surface area contributed by atoms with Gasteiger partial charge in [-0.25, -0.2) is 15.8 Å². The van der Waals surface area contributed by atoms with Gasteiger partial charge in [-0.3, -0.25) is 0 Å². The molecule has 1 rings (SSSR count). The van der Waals surface area contributed by atoms with Crippen LogP contribution < -0.4 is 16.6 Å². The van der Waals surface area contributed by atoms with E-state index in [1.807, 2.05) is 0 Å². The number of nitrogens with zero attached hydrogens (tertiary/aromatic N) is 2. The van der Waals surface area contributed by atoms with Gasteiger partial charge in [0, 0.05) is 26.8 Å². The molecule has 7 nitrogen and oxygen atoms in total. The van der Waals surface area contributed by atoms with E-state index in [1.165, 1.54) is 0 Å². The Hall–Kier alpha value is -1.44. The Kier molecular flexibility index (Phi) is 6.34. The molecule has 1 aromatic rings. The lowest BCUT2D eigenvalue weighted by atomic mass is 10.2. The van der Waals surface area contributed by atoms with E-state index in [1.54, 1.807) is 20.3 Å². The number of nitrogens with two attached hydrogens (primary N) is 1. The number of ether oxygens (including phenoxy) is 2. The highest BCUT2D eigenvalue weighted by atomic mass is 16.5. The van der Waals surface area contributed by atoms with Gasteiger partial charge in [-0.15, -0.1) is 0 Å². The second-order valence-electron chi connectivity index (χ2n) is 4.07. The lowest BCUT2D eigenvalue weighted by Crippen LogP contribution is -2.18. The third-order valence-corrected chi connectivity index (χ3v) is 2.28. The molecule has 0 aromatic carbocycles. The summed E-state index contributed by atoms with van der Waals surface area (Å²) in [6.45, 7) is 3.90. The van der Waals surface area contributed by atoms with Gasteiger partial charge in [0.1, 0.15) is 18.2 Å². The van der Waals surface area contributed by atoms with Crippen LogP contribution in [0.3, 0.4) is 0 Å². The van der Waals surface area contributed by atoms with E-state index < -0.39 is 0 Å². The Labute approximate surface area is 107 Å². The van der Waals surface area contributed by atoms with Gasteiger partial charge in [0.25, 0.3) is 0 Å². The summed E-state index contributed by atoms with van der Waals surface area (Å²) in [5.74, 6) is 7.60. The van der Waals surface area contributed by atoms with Crippen molar-refractivity contribution in [2.45, 2.75) is 13.5 Å². The molecule has 0 aliphatic carbocycles. The van der Waals surface area contributed by atoms with Gasteiger partial charge in [0.15, 0.2) is 5.82 Å². The summed E-state index contributed by atoms with van der Waals surface area (Å²) in [7, 11) is 3.29. The first-order valence-electron chi connectivity index (χ1n) is 5.76. The van der Waals surface area contributed by atoms with Gasteiger partial charge >= 0.3 is 0 Å². The highest BCUT2D eigenvalue weighted by Gasteiger charge is 2.06. The van der Waals surface area contributed by atoms with Crippen LogP contribution in [0, 0.1) is 5.92 Å². The van der Waals surface area contributed by atoms with Crippen LogP contribution in [0.2, 0.25) is 0 Å². The van der Waals surface area contributed by atoms with Crippen LogP contribution in [0.5, 0.6) is 0 Å². The summed E-state index contributed by atoms with van der Waals surface area (Å²) in [4.78, 5) is 8.49. The molecule has 0 aliphatic rings. The standard InChI is InChI=1S/C11H21N5O2/c1-8(6-17-2)5-13-9-4-10(16-12)15-11(14-9)7-18-3/h4,8H,5-7,12H2,1-3H3,(H2,13,14,15,16). The fourth-order valence-electron chi connectivity index (χ4n) is 1.48. The first kappa shape index (κ1) is 14.6. The van der Waals surface area contributed by atoms with Crippen LogP contribution in [0.25, 0.3) is 0 Å². The minimum absolute atomic E-state index is 0.345. The number of rotatable bonds is 8. The highest BCUT2D eigenvalue weighted by Crippen LogP contribution is 2.11. The van der Waals surface area contributed by atoms with Crippen molar-refractivity contribution in [2.75, 3.05) is 38.1 Å². The van der Waals surface area contributed by atoms with E-state index in [0.717, 1.165) is 6.54 Å². The molecule has 0 radical (unpaired) electrons. The van der Waals surface area contributed by atoms with Crippen molar-refractivity contribution in [3.8, 4) is 0 Å². The van der Waals surface area contributed by atoms with E-state index >= 15 is 0 Å².